The van der Waals surface area contributed by atoms with Gasteiger partial charge in [0.2, 0.25) is 0 Å². The van der Waals surface area contributed by atoms with Gasteiger partial charge >= 0.3 is 0 Å². The average Bonchev–Trinajstić information content (AvgIpc) is 2.87. The van der Waals surface area contributed by atoms with Crippen molar-refractivity contribution >= 4 is 37.1 Å². The predicted molar refractivity (Wildman–Crippen MR) is 140 cm³/mol. The molecular weight excluding hydrogens is 514 g/mol. The van der Waals surface area contributed by atoms with E-state index in [2.05, 4.69) is 0 Å². The van der Waals surface area contributed by atoms with Crippen LogP contribution < -0.4 is 8.61 Å². The number of allylic oxidation sites excluding steroid dienone is 3. The first-order valence-corrected chi connectivity index (χ1v) is 14.3. The molecule has 9 nitrogen and oxygen atoms in total. The number of nitro benzene ring substituents is 1. The van der Waals surface area contributed by atoms with Gasteiger partial charge in [-0.05, 0) is 63.1 Å². The number of fused-ring (bicyclic) bond motifs is 1. The van der Waals surface area contributed by atoms with Gasteiger partial charge in [-0.25, -0.2) is 25.4 Å². The Kier molecular flexibility index (Phi) is 5.92. The zero-order valence-electron chi connectivity index (χ0n) is 20.0. The first kappa shape index (κ1) is 24.7. The van der Waals surface area contributed by atoms with Crippen LogP contribution in [-0.2, 0) is 20.0 Å². The van der Waals surface area contributed by atoms with Gasteiger partial charge in [0.15, 0.2) is 0 Å². The van der Waals surface area contributed by atoms with Gasteiger partial charge < -0.3 is 0 Å². The third kappa shape index (κ3) is 4.09. The van der Waals surface area contributed by atoms with Crippen molar-refractivity contribution in [2.75, 3.05) is 8.61 Å². The molecule has 2 aliphatic rings. The van der Waals surface area contributed by atoms with Crippen molar-refractivity contribution in [3.05, 3.63) is 112 Å². The minimum atomic E-state index is -4.25. The number of benzene rings is 3. The highest BCUT2D eigenvalue weighted by atomic mass is 32.2. The largest absolute Gasteiger partial charge is 0.271 e. The highest BCUT2D eigenvalue weighted by Crippen LogP contribution is 2.48. The average molecular weight is 538 g/mol. The summed E-state index contributed by atoms with van der Waals surface area (Å²) in [6.45, 7) is 3.67. The number of hydrogen-bond donors (Lipinski definition) is 0. The molecule has 0 radical (unpaired) electrons. The SMILES string of the molecule is Cc1ccc(S(=O)(=O)N2C3=C(CCC=C3)N(S(=O)(=O)c3ccc(C)cc3)c3cc([N+](=O)[O-])ccc32)cc1. The summed E-state index contributed by atoms with van der Waals surface area (Å²) in [4.78, 5) is 11.0. The fraction of sp³-hybridized carbons (Fsp3) is 0.154. The molecular formula is C26H23N3O6S2. The minimum absolute atomic E-state index is 0.00663. The molecule has 1 aliphatic heterocycles. The van der Waals surface area contributed by atoms with Crippen LogP contribution in [0.2, 0.25) is 0 Å². The van der Waals surface area contributed by atoms with Crippen molar-refractivity contribution in [3.63, 3.8) is 0 Å². The molecule has 0 N–H and O–H groups in total. The van der Waals surface area contributed by atoms with E-state index in [0.717, 1.165) is 25.8 Å². The van der Waals surface area contributed by atoms with Crippen LogP contribution in [0.5, 0.6) is 0 Å². The number of non-ortho nitro benzene ring substituents is 1. The van der Waals surface area contributed by atoms with E-state index in [0.29, 0.717) is 6.42 Å². The Bertz CT molecular complexity index is 1690. The number of nitrogens with zero attached hydrogens (tertiary/aromatic N) is 3. The molecule has 1 heterocycles. The Balaban J connectivity index is 1.82. The topological polar surface area (TPSA) is 118 Å². The molecule has 0 atom stereocenters. The van der Waals surface area contributed by atoms with E-state index in [1.54, 1.807) is 36.4 Å². The van der Waals surface area contributed by atoms with Crippen LogP contribution in [0.3, 0.4) is 0 Å². The Morgan fingerprint density at radius 1 is 0.757 bits per heavy atom. The van der Waals surface area contributed by atoms with Gasteiger partial charge in [-0.3, -0.25) is 10.1 Å². The molecule has 0 amide bonds. The molecule has 1 aliphatic carbocycles. The molecule has 3 aromatic rings. The molecule has 11 heteroatoms. The Hall–Kier alpha value is -3.96. The number of anilines is 2. The fourth-order valence-corrected chi connectivity index (χ4v) is 7.53. The summed E-state index contributed by atoms with van der Waals surface area (Å²) in [5.41, 5.74) is 1.71. The van der Waals surface area contributed by atoms with Crippen molar-refractivity contribution in [3.8, 4) is 0 Å². The lowest BCUT2D eigenvalue weighted by molar-refractivity contribution is -0.384. The van der Waals surface area contributed by atoms with E-state index in [-0.39, 0.29) is 44.7 Å². The van der Waals surface area contributed by atoms with Crippen LogP contribution in [0.1, 0.15) is 24.0 Å². The Morgan fingerprint density at radius 2 is 1.30 bits per heavy atom. The van der Waals surface area contributed by atoms with E-state index in [9.17, 15) is 26.9 Å². The normalized spacial score (nSPS) is 15.4. The van der Waals surface area contributed by atoms with Crippen molar-refractivity contribution in [2.24, 2.45) is 0 Å². The molecule has 37 heavy (non-hydrogen) atoms. The molecule has 190 valence electrons. The van der Waals surface area contributed by atoms with Gasteiger partial charge in [0, 0.05) is 12.1 Å². The van der Waals surface area contributed by atoms with Gasteiger partial charge in [0.05, 0.1) is 37.5 Å². The van der Waals surface area contributed by atoms with Crippen LogP contribution in [0.4, 0.5) is 17.1 Å². The second kappa shape index (κ2) is 8.86. The van der Waals surface area contributed by atoms with Crippen LogP contribution >= 0.6 is 0 Å². The lowest BCUT2D eigenvalue weighted by Crippen LogP contribution is -2.42. The Labute approximate surface area is 215 Å². The third-order valence-electron chi connectivity index (χ3n) is 6.31. The fourth-order valence-electron chi connectivity index (χ4n) is 4.43. The summed E-state index contributed by atoms with van der Waals surface area (Å²) < 4.78 is 58.0. The molecule has 0 fully saturated rings. The summed E-state index contributed by atoms with van der Waals surface area (Å²) in [5, 5.41) is 11.6. The zero-order chi connectivity index (χ0) is 26.5. The summed E-state index contributed by atoms with van der Waals surface area (Å²) in [5.74, 6) is 0. The molecule has 5 rings (SSSR count). The van der Waals surface area contributed by atoms with Crippen LogP contribution in [0.25, 0.3) is 0 Å². The van der Waals surface area contributed by atoms with Crippen LogP contribution in [0, 0.1) is 24.0 Å². The number of hydrogen-bond acceptors (Lipinski definition) is 6. The maximum Gasteiger partial charge on any atom is 0.271 e. The highest BCUT2D eigenvalue weighted by molar-refractivity contribution is 7.93. The smallest absolute Gasteiger partial charge is 0.258 e. The number of nitro groups is 1. The molecule has 0 unspecified atom stereocenters. The first-order valence-electron chi connectivity index (χ1n) is 11.4. The molecule has 0 saturated carbocycles. The molecule has 0 spiro atoms. The molecule has 0 saturated heterocycles. The van der Waals surface area contributed by atoms with Crippen LogP contribution in [-0.4, -0.2) is 21.8 Å². The van der Waals surface area contributed by atoms with Crippen molar-refractivity contribution in [1.29, 1.82) is 0 Å². The van der Waals surface area contributed by atoms with Gasteiger partial charge in [0.1, 0.15) is 0 Å². The number of aryl methyl sites for hydroxylation is 2. The van der Waals surface area contributed by atoms with E-state index in [1.807, 2.05) is 13.8 Å². The Morgan fingerprint density at radius 3 is 1.84 bits per heavy atom. The van der Waals surface area contributed by atoms with E-state index >= 15 is 0 Å². The number of rotatable bonds is 5. The van der Waals surface area contributed by atoms with Crippen molar-refractivity contribution in [1.82, 2.24) is 0 Å². The maximum absolute atomic E-state index is 14.0. The predicted octanol–water partition coefficient (Wildman–Crippen LogP) is 5.18. The lowest BCUT2D eigenvalue weighted by atomic mass is 10.0. The van der Waals surface area contributed by atoms with Crippen molar-refractivity contribution in [2.45, 2.75) is 36.5 Å². The zero-order valence-corrected chi connectivity index (χ0v) is 21.7. The second-order valence-corrected chi connectivity index (χ2v) is 12.4. The summed E-state index contributed by atoms with van der Waals surface area (Å²) in [7, 11) is -8.45. The quantitative estimate of drug-likeness (QED) is 0.327. The molecule has 0 aromatic heterocycles. The maximum atomic E-state index is 14.0. The minimum Gasteiger partial charge on any atom is -0.258 e. The van der Waals surface area contributed by atoms with Crippen molar-refractivity contribution < 1.29 is 21.8 Å². The van der Waals surface area contributed by atoms with E-state index in [4.69, 9.17) is 0 Å². The second-order valence-electron chi connectivity index (χ2n) is 8.87. The van der Waals surface area contributed by atoms with Gasteiger partial charge in [0.25, 0.3) is 25.7 Å². The van der Waals surface area contributed by atoms with E-state index < -0.39 is 25.0 Å². The van der Waals surface area contributed by atoms with Crippen LogP contribution in [0.15, 0.2) is 100 Å². The molecule has 3 aromatic carbocycles. The summed E-state index contributed by atoms with van der Waals surface area (Å²) in [6, 6.07) is 16.1. The summed E-state index contributed by atoms with van der Waals surface area (Å²) in [6.07, 6.45) is 4.07. The molecule has 0 bridgehead atoms. The first-order chi connectivity index (χ1) is 17.5. The van der Waals surface area contributed by atoms with Gasteiger partial charge in [-0.1, -0.05) is 41.5 Å². The van der Waals surface area contributed by atoms with Gasteiger partial charge in [-0.15, -0.1) is 0 Å². The number of sulfonamides is 2. The highest BCUT2D eigenvalue weighted by Gasteiger charge is 2.43. The van der Waals surface area contributed by atoms with Gasteiger partial charge in [-0.2, -0.15) is 0 Å². The van der Waals surface area contributed by atoms with E-state index in [1.165, 1.54) is 36.4 Å². The monoisotopic (exact) mass is 537 g/mol. The standard InChI is InChI=1S/C26H23N3O6S2/c1-18-7-12-21(13-8-18)36(32,33)27-23-5-3-4-6-24(23)28(26-17-20(29(30)31)11-16-25(26)27)37(34,35)22-14-9-19(2)10-15-22/h3,5,7-17H,4,6H2,1-2H3. The third-order valence-corrected chi connectivity index (χ3v) is 9.82. The summed E-state index contributed by atoms with van der Waals surface area (Å²) >= 11 is 0. The lowest BCUT2D eigenvalue weighted by Gasteiger charge is -2.40.